The number of aliphatic imine (C=N–C) groups is 4. The van der Waals surface area contributed by atoms with E-state index in [2.05, 4.69) is 167 Å². The van der Waals surface area contributed by atoms with Crippen LogP contribution in [0.5, 0.6) is 0 Å². The SMILES string of the molecule is CCCCCC[Si](CCCCCC)(CCCCCC)O[Si]1(O[Si](CCCCCC)(CCCCCC)CCCCCC)n2c3c4cc(C(C)(C)C)ccc4c2N=C2N=C(N=c4c5cc(C(C)(C)C)ccc5c(n41)=NC1=NC(=N3)c3ccc(C(=O)O)cc31)c1ccc(C(C)(C)C)cc12. The van der Waals surface area contributed by atoms with Gasteiger partial charge in [-0.05, 0) is 106 Å². The molecule has 6 aromatic rings. The van der Waals surface area contributed by atoms with E-state index in [4.69, 9.17) is 30.0 Å². The van der Waals surface area contributed by atoms with Gasteiger partial charge in [-0.15, -0.1) is 0 Å². The van der Waals surface area contributed by atoms with Gasteiger partial charge in [0.05, 0.1) is 5.56 Å². The average molecular weight is 1350 g/mol. The summed E-state index contributed by atoms with van der Waals surface area (Å²) in [5.41, 5.74) is 7.68. The van der Waals surface area contributed by atoms with Gasteiger partial charge in [0.1, 0.15) is 22.6 Å². The number of carbonyl (C=O) groups is 1. The molecule has 4 aliphatic rings. The molecule has 0 saturated heterocycles. The maximum absolute atomic E-state index is 13.2. The van der Waals surface area contributed by atoms with Gasteiger partial charge in [-0.2, -0.15) is 0 Å². The van der Waals surface area contributed by atoms with Gasteiger partial charge in [-0.3, -0.25) is 8.47 Å². The summed E-state index contributed by atoms with van der Waals surface area (Å²) in [5.74, 6) is 2.53. The molecule has 6 heterocycles. The smallest absolute Gasteiger partial charge is 0.478 e. The number of aromatic nitrogens is 2. The summed E-state index contributed by atoms with van der Waals surface area (Å²) in [6.07, 6.45) is 27.4. The third kappa shape index (κ3) is 15.8. The summed E-state index contributed by atoms with van der Waals surface area (Å²) < 4.78 is 24.4. The quantitative estimate of drug-likeness (QED) is 0.0313. The molecule has 0 fully saturated rings. The molecule has 4 aromatic carbocycles. The second-order valence-corrected chi connectivity index (χ2v) is 43.4. The van der Waals surface area contributed by atoms with Crippen molar-refractivity contribution in [3.05, 3.63) is 128 Å². The summed E-state index contributed by atoms with van der Waals surface area (Å²) in [6.45, 7) is 34.7. The number of carboxylic acid groups (broad SMARTS) is 1. The van der Waals surface area contributed by atoms with E-state index in [9.17, 15) is 18.1 Å². The third-order valence-corrected chi connectivity index (χ3v) is 36.3. The van der Waals surface area contributed by atoms with Crippen LogP contribution in [0.2, 0.25) is 36.3 Å². The van der Waals surface area contributed by atoms with Crippen LogP contribution < -0.4 is 11.0 Å². The molecule has 15 heteroatoms. The molecule has 0 unspecified atom stereocenters. The van der Waals surface area contributed by atoms with Gasteiger partial charge in [0, 0.05) is 43.8 Å². The Hall–Kier alpha value is -5.72. The average Bonchev–Trinajstić information content (AvgIpc) is 1.54. The molecule has 12 nitrogen and oxygen atoms in total. The highest BCUT2D eigenvalue weighted by molar-refractivity contribution is 6.89. The monoisotopic (exact) mass is 1350 g/mol. The normalized spacial score (nSPS) is 15.1. The number of carboxylic acids is 1. The van der Waals surface area contributed by atoms with Crippen LogP contribution in [0, 0.1) is 0 Å². The molecule has 0 amide bonds. The fourth-order valence-corrected chi connectivity index (χ4v) is 33.0. The van der Waals surface area contributed by atoms with Gasteiger partial charge >= 0.3 is 14.9 Å². The van der Waals surface area contributed by atoms with Gasteiger partial charge in [0.2, 0.25) is 0 Å². The van der Waals surface area contributed by atoms with E-state index in [1.54, 1.807) is 12.1 Å². The van der Waals surface area contributed by atoms with Crippen molar-refractivity contribution in [3.63, 3.8) is 0 Å². The molecule has 10 rings (SSSR count). The number of benzene rings is 4. The first-order valence-corrected chi connectivity index (χ1v) is 44.9. The van der Waals surface area contributed by atoms with E-state index in [-0.39, 0.29) is 21.8 Å². The maximum atomic E-state index is 13.2. The van der Waals surface area contributed by atoms with Crippen LogP contribution in [0.4, 0.5) is 11.6 Å². The highest BCUT2D eigenvalue weighted by Gasteiger charge is 2.61. The van der Waals surface area contributed by atoms with Crippen molar-refractivity contribution in [2.45, 2.75) is 310 Å². The largest absolute Gasteiger partial charge is 0.582 e. The van der Waals surface area contributed by atoms with Crippen LogP contribution >= 0.6 is 0 Å². The topological polar surface area (TPSA) is 140 Å². The van der Waals surface area contributed by atoms with Crippen molar-refractivity contribution < 1.29 is 18.1 Å². The summed E-state index contributed by atoms with van der Waals surface area (Å²) in [6, 6.07) is 32.3. The summed E-state index contributed by atoms with van der Waals surface area (Å²) in [7, 11) is -10.9. The molecule has 96 heavy (non-hydrogen) atoms. The fourth-order valence-electron chi connectivity index (χ4n) is 15.2. The van der Waals surface area contributed by atoms with Gasteiger partial charge < -0.3 is 13.3 Å². The van der Waals surface area contributed by atoms with E-state index >= 15 is 0 Å². The van der Waals surface area contributed by atoms with E-state index in [1.165, 1.54) is 55.2 Å². The van der Waals surface area contributed by atoms with Crippen LogP contribution in [0.15, 0.2) is 103 Å². The molecular formula is C81H118N8O4Si3. The lowest BCUT2D eigenvalue weighted by Gasteiger charge is -2.47. The number of rotatable bonds is 35. The molecule has 1 N–H and O–H groups in total. The Bertz CT molecular complexity index is 3910. The van der Waals surface area contributed by atoms with E-state index in [1.807, 2.05) is 6.07 Å². The first-order valence-electron chi connectivity index (χ1n) is 38.1. The van der Waals surface area contributed by atoms with Crippen molar-refractivity contribution in [1.82, 2.24) is 8.47 Å². The lowest BCUT2D eigenvalue weighted by molar-refractivity contribution is 0.0696. The molecule has 0 radical (unpaired) electrons. The fraction of sp³-hybridized carbons (Fsp3) is 0.593. The minimum Gasteiger partial charge on any atom is -0.478 e. The Kier molecular flexibility index (Phi) is 23.7. The Morgan fingerprint density at radius 3 is 1.15 bits per heavy atom. The molecule has 0 aliphatic carbocycles. The molecule has 518 valence electrons. The van der Waals surface area contributed by atoms with Crippen LogP contribution in [0.3, 0.4) is 0 Å². The first-order chi connectivity index (χ1) is 46.0. The van der Waals surface area contributed by atoms with Gasteiger partial charge in [0.25, 0.3) is 0 Å². The van der Waals surface area contributed by atoms with Gasteiger partial charge in [-0.1, -0.05) is 294 Å². The number of hydrogen-bond acceptors (Lipinski definition) is 9. The highest BCUT2D eigenvalue weighted by atomic mass is 28.5. The van der Waals surface area contributed by atoms with E-state index in [0.29, 0.717) is 40.2 Å². The van der Waals surface area contributed by atoms with Crippen LogP contribution in [-0.4, -0.2) is 68.4 Å². The predicted molar refractivity (Wildman–Crippen MR) is 412 cm³/mol. The number of unbranched alkanes of at least 4 members (excludes halogenated alkanes) is 18. The van der Waals surface area contributed by atoms with Crippen molar-refractivity contribution in [1.29, 1.82) is 0 Å². The number of amidine groups is 4. The number of aromatic carboxylic acids is 1. The lowest BCUT2D eigenvalue weighted by Crippen LogP contribution is -2.71. The van der Waals surface area contributed by atoms with E-state index < -0.39 is 31.5 Å². The third-order valence-electron chi connectivity index (χ3n) is 21.1. The minimum absolute atomic E-state index is 0.166. The highest BCUT2D eigenvalue weighted by Crippen LogP contribution is 2.49. The second-order valence-electron chi connectivity index (χ2n) is 32.0. The maximum Gasteiger partial charge on any atom is 0.582 e. The molecule has 2 aromatic heterocycles. The molecule has 0 saturated carbocycles. The van der Waals surface area contributed by atoms with Crippen molar-refractivity contribution >= 4 is 88.0 Å². The predicted octanol–water partition coefficient (Wildman–Crippen LogP) is 22.4. The number of fused-ring (bicyclic) bond motifs is 14. The first kappa shape index (κ1) is 73.0. The van der Waals surface area contributed by atoms with E-state index in [0.717, 1.165) is 201 Å². The molecular weight excluding hydrogens is 1230 g/mol. The standard InChI is InChI=1S/C81H118N8O4Si3/c1-16-22-28-34-48-94(49-35-29-23-17-2,50-36-30-24-18-3)92-96(93-95(51-37-31-25-19-4,52-38-32-26-20-5)53-39-33-27-21-6)88-74-64-46-42-60(80(10,11)12)56-68(64)77(88)85-71-63-45-41-59(79(7,8)9)55-67(63)73(83-71)87-75-65-47-43-61(81(13,14)15)57-69(65)76(89(75)96)84-70-62-44-40-58(78(90)91)54-66(62)72(82-70)86-74/h40-47,54-57H,16-39,48-53H2,1-15H3,(H,90,91). The van der Waals surface area contributed by atoms with Crippen LogP contribution in [-0.2, 0) is 24.5 Å². The Morgan fingerprint density at radius 1 is 0.375 bits per heavy atom. The summed E-state index contributed by atoms with van der Waals surface area (Å²) in [4.78, 5) is 49.2. The van der Waals surface area contributed by atoms with Crippen molar-refractivity contribution in [2.75, 3.05) is 0 Å². The van der Waals surface area contributed by atoms with Crippen LogP contribution in [0.25, 0.3) is 21.5 Å². The number of nitrogens with zero attached hydrogens (tertiary/aromatic N) is 8. The van der Waals surface area contributed by atoms with Gasteiger partial charge in [0.15, 0.2) is 40.0 Å². The zero-order chi connectivity index (χ0) is 68.6. The van der Waals surface area contributed by atoms with Crippen molar-refractivity contribution in [3.8, 4) is 0 Å². The zero-order valence-corrected chi connectivity index (χ0v) is 64.9. The molecule has 0 spiro atoms. The molecule has 4 aliphatic heterocycles. The number of hydrogen-bond donors (Lipinski definition) is 1. The Morgan fingerprint density at radius 2 is 0.719 bits per heavy atom. The lowest BCUT2D eigenvalue weighted by atomic mass is 9.85. The molecule has 6 bridgehead atoms. The minimum atomic E-state index is -4.74. The van der Waals surface area contributed by atoms with Crippen LogP contribution in [0.1, 0.15) is 307 Å². The second kappa shape index (κ2) is 31.2. The Labute approximate surface area is 579 Å². The zero-order valence-electron chi connectivity index (χ0n) is 61.9. The summed E-state index contributed by atoms with van der Waals surface area (Å²) >= 11 is 0. The Balaban J connectivity index is 1.54. The summed E-state index contributed by atoms with van der Waals surface area (Å²) in [5, 5.41) is 14.6. The molecule has 0 atom stereocenters. The van der Waals surface area contributed by atoms with Gasteiger partial charge in [-0.25, -0.2) is 34.7 Å². The van der Waals surface area contributed by atoms with Crippen molar-refractivity contribution in [2.24, 2.45) is 30.0 Å².